The zero-order valence-corrected chi connectivity index (χ0v) is 14.1. The SMILES string of the molecule is CC(C)Nc1ccc(NC(=O)C23CC4CC(CC(C4)C2)C3)cn1. The van der Waals surface area contributed by atoms with Gasteiger partial charge in [-0.15, -0.1) is 0 Å². The molecule has 1 aromatic rings. The first kappa shape index (κ1) is 15.0. The van der Waals surface area contributed by atoms with Crippen molar-refractivity contribution in [2.45, 2.75) is 58.4 Å². The first-order valence-electron chi connectivity index (χ1n) is 9.06. The summed E-state index contributed by atoms with van der Waals surface area (Å²) in [6.07, 6.45) is 9.17. The van der Waals surface area contributed by atoms with Gasteiger partial charge in [-0.05, 0) is 82.3 Å². The van der Waals surface area contributed by atoms with Crippen molar-refractivity contribution < 1.29 is 4.79 Å². The van der Waals surface area contributed by atoms with Crippen LogP contribution in [0.1, 0.15) is 52.4 Å². The fraction of sp³-hybridized carbons (Fsp3) is 0.684. The van der Waals surface area contributed by atoms with Gasteiger partial charge in [0.1, 0.15) is 5.82 Å². The van der Waals surface area contributed by atoms with Crippen molar-refractivity contribution >= 4 is 17.4 Å². The predicted octanol–water partition coefficient (Wildman–Crippen LogP) is 4.06. The number of hydrogen-bond acceptors (Lipinski definition) is 3. The van der Waals surface area contributed by atoms with Gasteiger partial charge in [-0.2, -0.15) is 0 Å². The van der Waals surface area contributed by atoms with Crippen LogP contribution in [0, 0.1) is 23.2 Å². The lowest BCUT2D eigenvalue weighted by Crippen LogP contribution is -2.51. The van der Waals surface area contributed by atoms with Gasteiger partial charge in [-0.3, -0.25) is 4.79 Å². The molecule has 4 nitrogen and oxygen atoms in total. The van der Waals surface area contributed by atoms with E-state index in [-0.39, 0.29) is 11.3 Å². The molecule has 0 atom stereocenters. The molecule has 0 spiro atoms. The molecular formula is C19H27N3O. The molecule has 1 amide bonds. The van der Waals surface area contributed by atoms with Crippen LogP contribution in [0.3, 0.4) is 0 Å². The second kappa shape index (κ2) is 5.50. The highest BCUT2D eigenvalue weighted by molar-refractivity contribution is 5.95. The third-order valence-corrected chi connectivity index (χ3v) is 5.98. The largest absolute Gasteiger partial charge is 0.368 e. The molecule has 0 unspecified atom stereocenters. The van der Waals surface area contributed by atoms with E-state index >= 15 is 0 Å². The molecule has 4 aliphatic carbocycles. The lowest BCUT2D eigenvalue weighted by atomic mass is 9.49. The Morgan fingerprint density at radius 3 is 2.22 bits per heavy atom. The summed E-state index contributed by atoms with van der Waals surface area (Å²) in [6.45, 7) is 4.18. The van der Waals surface area contributed by atoms with Crippen LogP contribution in [0.25, 0.3) is 0 Å². The molecule has 4 saturated carbocycles. The summed E-state index contributed by atoms with van der Waals surface area (Å²) in [7, 11) is 0. The van der Waals surface area contributed by atoms with Crippen LogP contribution in [-0.4, -0.2) is 16.9 Å². The molecule has 23 heavy (non-hydrogen) atoms. The molecule has 2 N–H and O–H groups in total. The molecule has 1 aromatic heterocycles. The topological polar surface area (TPSA) is 54.0 Å². The van der Waals surface area contributed by atoms with E-state index in [1.54, 1.807) is 6.20 Å². The maximum atomic E-state index is 13.0. The number of nitrogens with zero attached hydrogens (tertiary/aromatic N) is 1. The molecule has 4 fully saturated rings. The van der Waals surface area contributed by atoms with Crippen LogP contribution in [0.2, 0.25) is 0 Å². The molecular weight excluding hydrogens is 286 g/mol. The van der Waals surface area contributed by atoms with Crippen molar-refractivity contribution in [1.82, 2.24) is 4.98 Å². The Balaban J connectivity index is 1.45. The number of aromatic nitrogens is 1. The zero-order valence-electron chi connectivity index (χ0n) is 14.1. The summed E-state index contributed by atoms with van der Waals surface area (Å²) in [5.74, 6) is 3.48. The van der Waals surface area contributed by atoms with Gasteiger partial charge in [0.25, 0.3) is 0 Å². The minimum Gasteiger partial charge on any atom is -0.368 e. The highest BCUT2D eigenvalue weighted by Crippen LogP contribution is 2.60. The number of nitrogens with one attached hydrogen (secondary N) is 2. The first-order valence-corrected chi connectivity index (χ1v) is 9.06. The van der Waals surface area contributed by atoms with Crippen molar-refractivity contribution in [1.29, 1.82) is 0 Å². The molecule has 4 bridgehead atoms. The molecule has 4 heteroatoms. The molecule has 0 radical (unpaired) electrons. The number of hydrogen-bond donors (Lipinski definition) is 2. The van der Waals surface area contributed by atoms with Gasteiger partial charge in [-0.25, -0.2) is 4.98 Å². The van der Waals surface area contributed by atoms with E-state index in [0.717, 1.165) is 48.5 Å². The summed E-state index contributed by atoms with van der Waals surface area (Å²) in [5, 5.41) is 6.42. The van der Waals surface area contributed by atoms with Crippen LogP contribution in [-0.2, 0) is 4.79 Å². The molecule has 0 aliphatic heterocycles. The Morgan fingerprint density at radius 2 is 1.74 bits per heavy atom. The second-order valence-corrected chi connectivity index (χ2v) is 8.38. The van der Waals surface area contributed by atoms with Crippen LogP contribution >= 0.6 is 0 Å². The third kappa shape index (κ3) is 2.84. The Bertz CT molecular complexity index is 558. The summed E-state index contributed by atoms with van der Waals surface area (Å²) in [6, 6.07) is 4.25. The van der Waals surface area contributed by atoms with Gasteiger partial charge in [-0.1, -0.05) is 0 Å². The number of amides is 1. The highest BCUT2D eigenvalue weighted by Gasteiger charge is 2.54. The van der Waals surface area contributed by atoms with Gasteiger partial charge < -0.3 is 10.6 Å². The van der Waals surface area contributed by atoms with Crippen LogP contribution < -0.4 is 10.6 Å². The van der Waals surface area contributed by atoms with Gasteiger partial charge in [0.15, 0.2) is 0 Å². The Kier molecular flexibility index (Phi) is 3.58. The quantitative estimate of drug-likeness (QED) is 0.881. The summed E-state index contributed by atoms with van der Waals surface area (Å²) in [5.41, 5.74) is 0.726. The molecule has 124 valence electrons. The number of carbonyl (C=O) groups excluding carboxylic acids is 1. The first-order chi connectivity index (χ1) is 11.0. The third-order valence-electron chi connectivity index (χ3n) is 5.98. The van der Waals surface area contributed by atoms with E-state index in [2.05, 4.69) is 29.5 Å². The minimum atomic E-state index is -0.0936. The average molecular weight is 313 g/mol. The maximum absolute atomic E-state index is 13.0. The summed E-state index contributed by atoms with van der Waals surface area (Å²) < 4.78 is 0. The summed E-state index contributed by atoms with van der Waals surface area (Å²) in [4.78, 5) is 17.4. The van der Waals surface area contributed by atoms with Crippen LogP contribution in [0.4, 0.5) is 11.5 Å². The van der Waals surface area contributed by atoms with Crippen LogP contribution in [0.5, 0.6) is 0 Å². The van der Waals surface area contributed by atoms with Crippen molar-refractivity contribution in [3.05, 3.63) is 18.3 Å². The molecule has 5 rings (SSSR count). The molecule has 0 aromatic carbocycles. The minimum absolute atomic E-state index is 0.0936. The fourth-order valence-corrected chi connectivity index (χ4v) is 5.50. The normalized spacial score (nSPS) is 34.7. The van der Waals surface area contributed by atoms with Crippen molar-refractivity contribution in [2.24, 2.45) is 23.2 Å². The van der Waals surface area contributed by atoms with Crippen LogP contribution in [0.15, 0.2) is 18.3 Å². The Labute approximate surface area is 138 Å². The monoisotopic (exact) mass is 313 g/mol. The van der Waals surface area contributed by atoms with Crippen molar-refractivity contribution in [2.75, 3.05) is 10.6 Å². The number of carbonyl (C=O) groups is 1. The smallest absolute Gasteiger partial charge is 0.230 e. The van der Waals surface area contributed by atoms with E-state index in [1.807, 2.05) is 12.1 Å². The zero-order chi connectivity index (χ0) is 16.0. The van der Waals surface area contributed by atoms with E-state index in [4.69, 9.17) is 0 Å². The number of anilines is 2. The predicted molar refractivity (Wildman–Crippen MR) is 92.2 cm³/mol. The van der Waals surface area contributed by atoms with E-state index in [1.165, 1.54) is 19.3 Å². The number of pyridine rings is 1. The standard InChI is InChI=1S/C19H27N3O/c1-12(2)21-17-4-3-16(11-20-17)22-18(23)19-8-13-5-14(9-19)7-15(6-13)10-19/h3-4,11-15H,5-10H2,1-2H3,(H,20,21)(H,22,23). The van der Waals surface area contributed by atoms with E-state index < -0.39 is 0 Å². The molecule has 0 saturated heterocycles. The number of rotatable bonds is 4. The fourth-order valence-electron chi connectivity index (χ4n) is 5.50. The van der Waals surface area contributed by atoms with Gasteiger partial charge in [0.05, 0.1) is 17.3 Å². The Hall–Kier alpha value is -1.58. The Morgan fingerprint density at radius 1 is 1.13 bits per heavy atom. The van der Waals surface area contributed by atoms with Gasteiger partial charge in [0.2, 0.25) is 5.91 Å². The lowest BCUT2D eigenvalue weighted by molar-refractivity contribution is -0.140. The second-order valence-electron chi connectivity index (χ2n) is 8.38. The van der Waals surface area contributed by atoms with Gasteiger partial charge >= 0.3 is 0 Å². The average Bonchev–Trinajstić information content (AvgIpc) is 2.47. The van der Waals surface area contributed by atoms with Gasteiger partial charge in [0, 0.05) is 6.04 Å². The maximum Gasteiger partial charge on any atom is 0.230 e. The molecule has 4 aliphatic rings. The van der Waals surface area contributed by atoms with Crippen molar-refractivity contribution in [3.8, 4) is 0 Å². The van der Waals surface area contributed by atoms with Crippen molar-refractivity contribution in [3.63, 3.8) is 0 Å². The highest BCUT2D eigenvalue weighted by atomic mass is 16.2. The summed E-state index contributed by atoms with van der Waals surface area (Å²) >= 11 is 0. The molecule has 1 heterocycles. The van der Waals surface area contributed by atoms with E-state index in [9.17, 15) is 4.79 Å². The lowest BCUT2D eigenvalue weighted by Gasteiger charge is -2.55. The van der Waals surface area contributed by atoms with E-state index in [0.29, 0.717) is 6.04 Å².